The van der Waals surface area contributed by atoms with Crippen molar-refractivity contribution in [2.24, 2.45) is 5.73 Å². The van der Waals surface area contributed by atoms with Crippen LogP contribution in [0.3, 0.4) is 0 Å². The Bertz CT molecular complexity index is 240. The van der Waals surface area contributed by atoms with Crippen LogP contribution in [0, 0.1) is 0 Å². The molecule has 1 heterocycles. The molecule has 0 aromatic carbocycles. The first kappa shape index (κ1) is 11.0. The van der Waals surface area contributed by atoms with Crippen molar-refractivity contribution in [2.45, 2.75) is 18.9 Å². The van der Waals surface area contributed by atoms with Gasteiger partial charge in [0, 0.05) is 33.1 Å². The Labute approximate surface area is 83.8 Å². The highest BCUT2D eigenvalue weighted by molar-refractivity contribution is 5.86. The van der Waals surface area contributed by atoms with Crippen molar-refractivity contribution >= 4 is 11.8 Å². The monoisotopic (exact) mass is 199 g/mol. The van der Waals surface area contributed by atoms with Crippen molar-refractivity contribution < 1.29 is 9.59 Å². The van der Waals surface area contributed by atoms with Gasteiger partial charge in [0.05, 0.1) is 0 Å². The third-order valence-electron chi connectivity index (χ3n) is 2.53. The summed E-state index contributed by atoms with van der Waals surface area (Å²) < 4.78 is 0. The number of hydrogen-bond donors (Lipinski definition) is 1. The van der Waals surface area contributed by atoms with E-state index >= 15 is 0 Å². The summed E-state index contributed by atoms with van der Waals surface area (Å²) in [6.45, 7) is 0.597. The number of likely N-dealkylation sites (N-methyl/N-ethyl adjacent to an activating group) is 1. The largest absolute Gasteiger partial charge is 0.347 e. The van der Waals surface area contributed by atoms with Crippen LogP contribution in [0.2, 0.25) is 0 Å². The molecular formula is C9H17N3O2. The van der Waals surface area contributed by atoms with Gasteiger partial charge in [-0.05, 0) is 6.42 Å². The zero-order valence-corrected chi connectivity index (χ0v) is 8.69. The van der Waals surface area contributed by atoms with Gasteiger partial charge in [-0.25, -0.2) is 0 Å². The summed E-state index contributed by atoms with van der Waals surface area (Å²) in [5.74, 6) is -0.0191. The first-order valence-corrected chi connectivity index (χ1v) is 4.76. The Balaban J connectivity index is 2.57. The minimum atomic E-state index is -0.0568. The Morgan fingerprint density at radius 3 is 2.79 bits per heavy atom. The molecule has 14 heavy (non-hydrogen) atoms. The molecule has 80 valence electrons. The molecule has 2 N–H and O–H groups in total. The Hall–Kier alpha value is -1.10. The molecule has 1 fully saturated rings. The van der Waals surface area contributed by atoms with E-state index in [1.807, 2.05) is 0 Å². The number of amides is 2. The Kier molecular flexibility index (Phi) is 3.46. The van der Waals surface area contributed by atoms with Crippen molar-refractivity contribution in [2.75, 3.05) is 27.2 Å². The number of nitrogens with zero attached hydrogens (tertiary/aromatic N) is 2. The zero-order chi connectivity index (χ0) is 10.7. The third-order valence-corrected chi connectivity index (χ3v) is 2.53. The summed E-state index contributed by atoms with van der Waals surface area (Å²) in [5.41, 5.74) is 5.52. The van der Waals surface area contributed by atoms with Gasteiger partial charge in [-0.3, -0.25) is 9.59 Å². The zero-order valence-electron chi connectivity index (χ0n) is 8.69. The van der Waals surface area contributed by atoms with Crippen LogP contribution in [0.15, 0.2) is 0 Å². The van der Waals surface area contributed by atoms with Crippen LogP contribution in [0.25, 0.3) is 0 Å². The second-order valence-corrected chi connectivity index (χ2v) is 3.74. The highest BCUT2D eigenvalue weighted by Gasteiger charge is 2.31. The van der Waals surface area contributed by atoms with Gasteiger partial charge in [0.25, 0.3) is 0 Å². The van der Waals surface area contributed by atoms with Crippen LogP contribution in [0.4, 0.5) is 0 Å². The normalized spacial score (nSPS) is 21.5. The summed E-state index contributed by atoms with van der Waals surface area (Å²) in [5, 5.41) is 0. The number of carbonyl (C=O) groups is 2. The van der Waals surface area contributed by atoms with E-state index in [4.69, 9.17) is 5.73 Å². The number of carbonyl (C=O) groups excluding carboxylic acids is 2. The molecule has 0 aliphatic carbocycles. The molecule has 0 aromatic rings. The summed E-state index contributed by atoms with van der Waals surface area (Å²) in [4.78, 5) is 25.9. The predicted octanol–water partition coefficient (Wildman–Crippen LogP) is -0.976. The smallest absolute Gasteiger partial charge is 0.241 e. The summed E-state index contributed by atoms with van der Waals surface area (Å²) >= 11 is 0. The fraction of sp³-hybridized carbons (Fsp3) is 0.778. The van der Waals surface area contributed by atoms with E-state index < -0.39 is 0 Å². The molecule has 2 amide bonds. The van der Waals surface area contributed by atoms with Crippen LogP contribution in [-0.4, -0.2) is 54.8 Å². The van der Waals surface area contributed by atoms with E-state index in [1.54, 1.807) is 19.0 Å². The number of likely N-dealkylation sites (tertiary alicyclic amines) is 1. The lowest BCUT2D eigenvalue weighted by Crippen LogP contribution is -2.44. The van der Waals surface area contributed by atoms with Crippen molar-refractivity contribution in [3.63, 3.8) is 0 Å². The lowest BCUT2D eigenvalue weighted by Gasteiger charge is -2.24. The Morgan fingerprint density at radius 1 is 1.64 bits per heavy atom. The van der Waals surface area contributed by atoms with Gasteiger partial charge in [0.2, 0.25) is 11.8 Å². The standard InChI is InChI=1S/C9H17N3O2/c1-11(2)9(14)6-12-7(5-10)3-4-8(12)13/h7H,3-6,10H2,1-2H3. The van der Waals surface area contributed by atoms with E-state index in [0.29, 0.717) is 13.0 Å². The van der Waals surface area contributed by atoms with Gasteiger partial charge in [0.1, 0.15) is 6.54 Å². The molecule has 0 saturated carbocycles. The van der Waals surface area contributed by atoms with Crippen molar-refractivity contribution in [3.05, 3.63) is 0 Å². The van der Waals surface area contributed by atoms with Gasteiger partial charge >= 0.3 is 0 Å². The minimum Gasteiger partial charge on any atom is -0.347 e. The van der Waals surface area contributed by atoms with Gasteiger partial charge < -0.3 is 15.5 Å². The van der Waals surface area contributed by atoms with E-state index in [-0.39, 0.29) is 24.4 Å². The van der Waals surface area contributed by atoms with E-state index in [9.17, 15) is 9.59 Å². The predicted molar refractivity (Wildman–Crippen MR) is 52.5 cm³/mol. The third kappa shape index (κ3) is 2.23. The first-order chi connectivity index (χ1) is 6.56. The molecule has 1 atom stereocenters. The molecule has 0 spiro atoms. The van der Waals surface area contributed by atoms with Crippen LogP contribution < -0.4 is 5.73 Å². The fourth-order valence-electron chi connectivity index (χ4n) is 1.54. The maximum Gasteiger partial charge on any atom is 0.241 e. The maximum atomic E-state index is 11.4. The topological polar surface area (TPSA) is 66.6 Å². The van der Waals surface area contributed by atoms with Crippen LogP contribution >= 0.6 is 0 Å². The first-order valence-electron chi connectivity index (χ1n) is 4.76. The summed E-state index contributed by atoms with van der Waals surface area (Å²) in [7, 11) is 3.36. The van der Waals surface area contributed by atoms with E-state index in [1.165, 1.54) is 4.90 Å². The second-order valence-electron chi connectivity index (χ2n) is 3.74. The van der Waals surface area contributed by atoms with Crippen LogP contribution in [0.5, 0.6) is 0 Å². The molecule has 1 unspecified atom stereocenters. The van der Waals surface area contributed by atoms with Gasteiger partial charge in [0.15, 0.2) is 0 Å². The maximum absolute atomic E-state index is 11.4. The van der Waals surface area contributed by atoms with Crippen molar-refractivity contribution in [1.82, 2.24) is 9.80 Å². The molecule has 1 aliphatic heterocycles. The highest BCUT2D eigenvalue weighted by Crippen LogP contribution is 2.17. The van der Waals surface area contributed by atoms with E-state index in [0.717, 1.165) is 6.42 Å². The summed E-state index contributed by atoms with van der Waals surface area (Å²) in [6, 6.07) is 0.0476. The molecule has 1 saturated heterocycles. The van der Waals surface area contributed by atoms with Gasteiger partial charge in [-0.1, -0.05) is 0 Å². The summed E-state index contributed by atoms with van der Waals surface area (Å²) in [6.07, 6.45) is 1.29. The van der Waals surface area contributed by atoms with Crippen molar-refractivity contribution in [3.8, 4) is 0 Å². The highest BCUT2D eigenvalue weighted by atomic mass is 16.2. The molecule has 0 aromatic heterocycles. The van der Waals surface area contributed by atoms with E-state index in [2.05, 4.69) is 0 Å². The molecular weight excluding hydrogens is 182 g/mol. The average molecular weight is 199 g/mol. The minimum absolute atomic E-state index is 0.0376. The average Bonchev–Trinajstić information content (AvgIpc) is 2.47. The molecule has 0 radical (unpaired) electrons. The molecule has 1 rings (SSSR count). The SMILES string of the molecule is CN(C)C(=O)CN1C(=O)CCC1CN. The number of rotatable bonds is 3. The number of hydrogen-bond acceptors (Lipinski definition) is 3. The van der Waals surface area contributed by atoms with Crippen LogP contribution in [0.1, 0.15) is 12.8 Å². The molecule has 5 heteroatoms. The van der Waals surface area contributed by atoms with Crippen LogP contribution in [-0.2, 0) is 9.59 Å². The fourth-order valence-corrected chi connectivity index (χ4v) is 1.54. The molecule has 5 nitrogen and oxygen atoms in total. The quantitative estimate of drug-likeness (QED) is 0.635. The second kappa shape index (κ2) is 4.41. The Morgan fingerprint density at radius 2 is 2.29 bits per heavy atom. The number of nitrogens with two attached hydrogens (primary N) is 1. The molecule has 0 bridgehead atoms. The van der Waals surface area contributed by atoms with Gasteiger partial charge in [-0.15, -0.1) is 0 Å². The molecule has 1 aliphatic rings. The lowest BCUT2D eigenvalue weighted by molar-refractivity contribution is -0.137. The van der Waals surface area contributed by atoms with Crippen molar-refractivity contribution in [1.29, 1.82) is 0 Å². The lowest BCUT2D eigenvalue weighted by atomic mass is 10.2. The van der Waals surface area contributed by atoms with Gasteiger partial charge in [-0.2, -0.15) is 0 Å².